The molecule has 3 fully saturated rings. The topological polar surface area (TPSA) is 45.7 Å². The van der Waals surface area contributed by atoms with Gasteiger partial charge in [-0.25, -0.2) is 0 Å². The van der Waals surface area contributed by atoms with Gasteiger partial charge in [0.05, 0.1) is 6.10 Å². The number of rotatable bonds is 4. The molecule has 0 amide bonds. The molecule has 1 heterocycles. The van der Waals surface area contributed by atoms with Crippen molar-refractivity contribution in [1.82, 2.24) is 10.6 Å². The van der Waals surface area contributed by atoms with E-state index >= 15 is 0 Å². The molecular formula is C15H28IN3O. The van der Waals surface area contributed by atoms with E-state index in [2.05, 4.69) is 22.5 Å². The van der Waals surface area contributed by atoms with Crippen LogP contribution in [0, 0.1) is 11.3 Å². The first kappa shape index (κ1) is 16.3. The van der Waals surface area contributed by atoms with Crippen LogP contribution in [-0.4, -0.2) is 38.3 Å². The van der Waals surface area contributed by atoms with Crippen molar-refractivity contribution >= 4 is 29.9 Å². The highest BCUT2D eigenvalue weighted by Crippen LogP contribution is 2.62. The number of nitrogens with zero attached hydrogens (tertiary/aromatic N) is 1. The average Bonchev–Trinajstić information content (AvgIpc) is 2.77. The van der Waals surface area contributed by atoms with Gasteiger partial charge in [-0.2, -0.15) is 0 Å². The Labute approximate surface area is 139 Å². The van der Waals surface area contributed by atoms with Gasteiger partial charge in [0.1, 0.15) is 0 Å². The summed E-state index contributed by atoms with van der Waals surface area (Å²) in [5, 5.41) is 7.12. The Morgan fingerprint density at radius 2 is 2.20 bits per heavy atom. The van der Waals surface area contributed by atoms with Gasteiger partial charge >= 0.3 is 0 Å². The van der Waals surface area contributed by atoms with Gasteiger partial charge in [0.2, 0.25) is 0 Å². The van der Waals surface area contributed by atoms with Gasteiger partial charge in [-0.15, -0.1) is 24.0 Å². The zero-order valence-electron chi connectivity index (χ0n) is 12.7. The third-order valence-electron chi connectivity index (χ3n) is 5.37. The number of halogens is 1. The zero-order chi connectivity index (χ0) is 13.3. The molecule has 2 aliphatic carbocycles. The maximum Gasteiger partial charge on any atom is 0.191 e. The number of guanidine groups is 1. The molecule has 1 aliphatic heterocycles. The average molecular weight is 393 g/mol. The van der Waals surface area contributed by atoms with Crippen LogP contribution in [0.3, 0.4) is 0 Å². The number of unbranched alkanes of at least 4 members (excludes halogenated alkanes) is 1. The van der Waals surface area contributed by atoms with E-state index in [0.717, 1.165) is 19.1 Å². The Hall–Kier alpha value is -0.0400. The molecule has 5 heteroatoms. The second-order valence-electron chi connectivity index (χ2n) is 6.31. The molecule has 0 bridgehead atoms. The third kappa shape index (κ3) is 2.56. The van der Waals surface area contributed by atoms with Crippen LogP contribution in [0.5, 0.6) is 0 Å². The van der Waals surface area contributed by atoms with E-state index < -0.39 is 0 Å². The monoisotopic (exact) mass is 393 g/mol. The Morgan fingerprint density at radius 1 is 1.40 bits per heavy atom. The normalized spacial score (nSPS) is 33.7. The molecule has 0 radical (unpaired) electrons. The van der Waals surface area contributed by atoms with Crippen molar-refractivity contribution in [3.63, 3.8) is 0 Å². The molecule has 3 atom stereocenters. The van der Waals surface area contributed by atoms with Crippen LogP contribution in [0.15, 0.2) is 4.99 Å². The van der Waals surface area contributed by atoms with Gasteiger partial charge in [0.15, 0.2) is 5.96 Å². The fraction of sp³-hybridized carbons (Fsp3) is 0.933. The quantitative estimate of drug-likeness (QED) is 0.334. The van der Waals surface area contributed by atoms with Crippen molar-refractivity contribution in [3.05, 3.63) is 0 Å². The van der Waals surface area contributed by atoms with E-state index in [1.54, 1.807) is 0 Å². The van der Waals surface area contributed by atoms with Crippen molar-refractivity contribution in [1.29, 1.82) is 0 Å². The van der Waals surface area contributed by atoms with E-state index in [9.17, 15) is 0 Å². The predicted molar refractivity (Wildman–Crippen MR) is 92.7 cm³/mol. The van der Waals surface area contributed by atoms with Crippen LogP contribution in [0.25, 0.3) is 0 Å². The van der Waals surface area contributed by atoms with Crippen molar-refractivity contribution in [2.24, 2.45) is 16.3 Å². The number of nitrogens with one attached hydrogen (secondary N) is 2. The van der Waals surface area contributed by atoms with Crippen LogP contribution in [-0.2, 0) is 4.74 Å². The number of aliphatic imine (C=N–C) groups is 1. The number of fused-ring (bicyclic) bond motifs is 2. The summed E-state index contributed by atoms with van der Waals surface area (Å²) in [4.78, 5) is 4.37. The molecule has 4 nitrogen and oxygen atoms in total. The second kappa shape index (κ2) is 6.81. The van der Waals surface area contributed by atoms with Crippen molar-refractivity contribution in [2.75, 3.05) is 20.2 Å². The van der Waals surface area contributed by atoms with E-state index in [1.165, 1.54) is 38.5 Å². The Bertz CT molecular complexity index is 357. The lowest BCUT2D eigenvalue weighted by Crippen LogP contribution is -2.72. The number of ether oxygens (including phenoxy) is 1. The summed E-state index contributed by atoms with van der Waals surface area (Å²) in [5.41, 5.74) is 0.434. The molecule has 2 saturated carbocycles. The zero-order valence-corrected chi connectivity index (χ0v) is 15.0. The summed E-state index contributed by atoms with van der Waals surface area (Å²) >= 11 is 0. The lowest BCUT2D eigenvalue weighted by molar-refractivity contribution is -0.171. The molecule has 0 aromatic rings. The van der Waals surface area contributed by atoms with Crippen molar-refractivity contribution in [3.8, 4) is 0 Å². The predicted octanol–water partition coefficient (Wildman–Crippen LogP) is 2.53. The number of hydrogen-bond acceptors (Lipinski definition) is 2. The van der Waals surface area contributed by atoms with Crippen LogP contribution in [0.4, 0.5) is 0 Å². The molecule has 3 aliphatic rings. The minimum Gasteiger partial charge on any atom is -0.377 e. The van der Waals surface area contributed by atoms with Crippen LogP contribution < -0.4 is 10.6 Å². The first-order valence-corrected chi connectivity index (χ1v) is 7.90. The molecule has 20 heavy (non-hydrogen) atoms. The first-order chi connectivity index (χ1) is 9.31. The van der Waals surface area contributed by atoms with Crippen LogP contribution in [0.2, 0.25) is 0 Å². The highest BCUT2D eigenvalue weighted by Gasteiger charge is 2.66. The molecule has 3 rings (SSSR count). The minimum atomic E-state index is 0. The van der Waals surface area contributed by atoms with Gasteiger partial charge < -0.3 is 15.4 Å². The van der Waals surface area contributed by atoms with Crippen molar-refractivity contribution in [2.45, 2.75) is 57.6 Å². The van der Waals surface area contributed by atoms with E-state index in [1.807, 2.05) is 7.05 Å². The fourth-order valence-corrected chi connectivity index (χ4v) is 4.18. The Balaban J connectivity index is 0.00000147. The lowest BCUT2D eigenvalue weighted by atomic mass is 9.46. The van der Waals surface area contributed by atoms with E-state index in [-0.39, 0.29) is 24.0 Å². The SMILES string of the molecule is CCCCNC(=NC)NC1C2CCOC2C12CCC2.I. The highest BCUT2D eigenvalue weighted by atomic mass is 127. The van der Waals surface area contributed by atoms with Crippen LogP contribution in [0.1, 0.15) is 45.4 Å². The standard InChI is InChI=1S/C15H27N3O.HI/c1-3-4-9-17-14(16-2)18-12-11-6-10-19-13(11)15(12)7-5-8-15;/h11-13H,3-10H2,1-2H3,(H2,16,17,18);1H. The molecule has 3 unspecified atom stereocenters. The highest BCUT2D eigenvalue weighted by molar-refractivity contribution is 14.0. The summed E-state index contributed by atoms with van der Waals surface area (Å²) in [6.07, 6.45) is 8.20. The molecule has 0 aromatic carbocycles. The van der Waals surface area contributed by atoms with Gasteiger partial charge in [-0.05, 0) is 25.7 Å². The summed E-state index contributed by atoms with van der Waals surface area (Å²) in [5.74, 6) is 1.69. The first-order valence-electron chi connectivity index (χ1n) is 7.90. The van der Waals surface area contributed by atoms with Crippen molar-refractivity contribution < 1.29 is 4.74 Å². The lowest BCUT2D eigenvalue weighted by Gasteiger charge is -2.63. The summed E-state index contributed by atoms with van der Waals surface area (Å²) < 4.78 is 5.95. The minimum absolute atomic E-state index is 0. The maximum atomic E-state index is 5.95. The molecular weight excluding hydrogens is 365 g/mol. The molecule has 116 valence electrons. The van der Waals surface area contributed by atoms with Crippen LogP contribution >= 0.6 is 24.0 Å². The van der Waals surface area contributed by atoms with Gasteiger partial charge in [0, 0.05) is 37.6 Å². The summed E-state index contributed by atoms with van der Waals surface area (Å²) in [6.45, 7) is 4.19. The maximum absolute atomic E-state index is 5.95. The largest absolute Gasteiger partial charge is 0.377 e. The summed E-state index contributed by atoms with van der Waals surface area (Å²) in [6, 6.07) is 0.585. The third-order valence-corrected chi connectivity index (χ3v) is 5.37. The Kier molecular flexibility index (Phi) is 5.56. The molecule has 1 saturated heterocycles. The smallest absolute Gasteiger partial charge is 0.191 e. The molecule has 0 aromatic heterocycles. The Morgan fingerprint density at radius 3 is 2.80 bits per heavy atom. The molecule has 1 spiro atoms. The van der Waals surface area contributed by atoms with Gasteiger partial charge in [0.25, 0.3) is 0 Å². The fourth-order valence-electron chi connectivity index (χ4n) is 4.18. The number of hydrogen-bond donors (Lipinski definition) is 2. The summed E-state index contributed by atoms with van der Waals surface area (Å²) in [7, 11) is 1.87. The molecule has 2 N–H and O–H groups in total. The van der Waals surface area contributed by atoms with Gasteiger partial charge in [-0.1, -0.05) is 19.8 Å². The van der Waals surface area contributed by atoms with Gasteiger partial charge in [-0.3, -0.25) is 4.99 Å². The van der Waals surface area contributed by atoms with E-state index in [0.29, 0.717) is 23.5 Å². The second-order valence-corrected chi connectivity index (χ2v) is 6.31. The van der Waals surface area contributed by atoms with E-state index in [4.69, 9.17) is 4.74 Å².